The highest BCUT2D eigenvalue weighted by Crippen LogP contribution is 2.24. The van der Waals surface area contributed by atoms with Crippen LogP contribution in [0.2, 0.25) is 5.02 Å². The lowest BCUT2D eigenvalue weighted by molar-refractivity contribution is -0.113. The standard InChI is InChI=1S/C21H14ClN5O3S2/c22-12-6-7-14-17(9-12)24-21(27(20(14)29)10-13-3-2-8-30-13)31-11-18(28)23-15-4-1-5-16-19(15)26-32-25-16/h1-9H,10-11H2,(H,23,28). The van der Waals surface area contributed by atoms with E-state index in [1.54, 1.807) is 42.7 Å². The fourth-order valence-corrected chi connectivity index (χ4v) is 4.72. The van der Waals surface area contributed by atoms with Crippen LogP contribution in [0.25, 0.3) is 21.9 Å². The number of aromatic nitrogens is 4. The van der Waals surface area contributed by atoms with Crippen LogP contribution in [-0.4, -0.2) is 30.0 Å². The van der Waals surface area contributed by atoms with E-state index in [4.69, 9.17) is 16.0 Å². The number of thioether (sulfide) groups is 1. The average molecular weight is 484 g/mol. The van der Waals surface area contributed by atoms with E-state index in [9.17, 15) is 9.59 Å². The number of halogens is 1. The van der Waals surface area contributed by atoms with Gasteiger partial charge in [-0.25, -0.2) is 4.98 Å². The van der Waals surface area contributed by atoms with Gasteiger partial charge in [0.1, 0.15) is 16.8 Å². The number of hydrogen-bond acceptors (Lipinski definition) is 8. The van der Waals surface area contributed by atoms with E-state index in [1.165, 1.54) is 4.57 Å². The topological polar surface area (TPSA) is 103 Å². The first kappa shape index (κ1) is 20.7. The van der Waals surface area contributed by atoms with Gasteiger partial charge in [-0.2, -0.15) is 8.75 Å². The van der Waals surface area contributed by atoms with Crippen molar-refractivity contribution in [2.45, 2.75) is 11.7 Å². The first-order valence-electron chi connectivity index (χ1n) is 9.45. The maximum atomic E-state index is 13.1. The third-order valence-corrected chi connectivity index (χ3v) is 6.42. The summed E-state index contributed by atoms with van der Waals surface area (Å²) in [7, 11) is 0. The highest BCUT2D eigenvalue weighted by molar-refractivity contribution is 7.99. The third kappa shape index (κ3) is 4.12. The fraction of sp³-hybridized carbons (Fsp3) is 0.0952. The minimum atomic E-state index is -0.250. The molecule has 2 aromatic carbocycles. The number of hydrogen-bond donors (Lipinski definition) is 1. The molecule has 5 rings (SSSR count). The van der Waals surface area contributed by atoms with Crippen LogP contribution in [0.3, 0.4) is 0 Å². The number of carbonyl (C=O) groups excluding carboxylic acids is 1. The molecule has 0 spiro atoms. The molecule has 0 aliphatic carbocycles. The predicted molar refractivity (Wildman–Crippen MR) is 126 cm³/mol. The molecule has 0 atom stereocenters. The SMILES string of the molecule is O=C(CSc1nc2cc(Cl)ccc2c(=O)n1Cc1ccco1)Nc1cccc2nsnc12. The molecule has 0 aliphatic heterocycles. The number of benzene rings is 2. The lowest BCUT2D eigenvalue weighted by Crippen LogP contribution is -2.24. The molecular weight excluding hydrogens is 470 g/mol. The zero-order chi connectivity index (χ0) is 22.1. The number of nitrogens with zero attached hydrogens (tertiary/aromatic N) is 4. The molecule has 0 radical (unpaired) electrons. The summed E-state index contributed by atoms with van der Waals surface area (Å²) in [6.07, 6.45) is 1.54. The molecular formula is C21H14ClN5O3S2. The highest BCUT2D eigenvalue weighted by Gasteiger charge is 2.16. The number of rotatable bonds is 6. The number of nitrogens with one attached hydrogen (secondary N) is 1. The van der Waals surface area contributed by atoms with Crippen molar-refractivity contribution in [3.05, 3.63) is 75.9 Å². The molecule has 32 heavy (non-hydrogen) atoms. The first-order chi connectivity index (χ1) is 15.6. The molecule has 11 heteroatoms. The number of fused-ring (bicyclic) bond motifs is 2. The van der Waals surface area contributed by atoms with Gasteiger partial charge in [0.25, 0.3) is 5.56 Å². The molecule has 0 aliphatic rings. The van der Waals surface area contributed by atoms with Crippen molar-refractivity contribution in [1.29, 1.82) is 0 Å². The maximum absolute atomic E-state index is 13.1. The Morgan fingerprint density at radius 2 is 2.06 bits per heavy atom. The first-order valence-corrected chi connectivity index (χ1v) is 11.5. The van der Waals surface area contributed by atoms with E-state index in [1.807, 2.05) is 12.1 Å². The second-order valence-electron chi connectivity index (χ2n) is 6.80. The second-order valence-corrected chi connectivity index (χ2v) is 8.71. The smallest absolute Gasteiger partial charge is 0.262 e. The zero-order valence-electron chi connectivity index (χ0n) is 16.3. The molecule has 1 amide bonds. The average Bonchev–Trinajstić information content (AvgIpc) is 3.47. The van der Waals surface area contributed by atoms with Crippen molar-refractivity contribution >= 4 is 68.6 Å². The summed E-state index contributed by atoms with van der Waals surface area (Å²) < 4.78 is 15.3. The van der Waals surface area contributed by atoms with Crippen LogP contribution in [0.1, 0.15) is 5.76 Å². The van der Waals surface area contributed by atoms with Gasteiger partial charge in [0, 0.05) is 5.02 Å². The van der Waals surface area contributed by atoms with E-state index in [0.29, 0.717) is 38.0 Å². The molecule has 0 saturated heterocycles. The molecule has 0 unspecified atom stereocenters. The van der Waals surface area contributed by atoms with Crippen molar-refractivity contribution in [2.75, 3.05) is 11.1 Å². The van der Waals surface area contributed by atoms with Crippen LogP contribution in [0, 0.1) is 0 Å². The van der Waals surface area contributed by atoms with E-state index >= 15 is 0 Å². The molecule has 0 fully saturated rings. The summed E-state index contributed by atoms with van der Waals surface area (Å²) in [6.45, 7) is 0.200. The van der Waals surface area contributed by atoms with Crippen molar-refractivity contribution in [3.63, 3.8) is 0 Å². The van der Waals surface area contributed by atoms with Crippen LogP contribution >= 0.6 is 35.1 Å². The summed E-state index contributed by atoms with van der Waals surface area (Å²) in [5.74, 6) is 0.404. The van der Waals surface area contributed by atoms with Crippen LogP contribution < -0.4 is 10.9 Å². The van der Waals surface area contributed by atoms with Gasteiger partial charge in [-0.3, -0.25) is 14.2 Å². The maximum Gasteiger partial charge on any atom is 0.262 e. The molecule has 0 bridgehead atoms. The minimum Gasteiger partial charge on any atom is -0.467 e. The molecule has 160 valence electrons. The van der Waals surface area contributed by atoms with Crippen LogP contribution in [0.5, 0.6) is 0 Å². The zero-order valence-corrected chi connectivity index (χ0v) is 18.7. The van der Waals surface area contributed by atoms with Gasteiger partial charge in [-0.15, -0.1) is 0 Å². The molecule has 3 heterocycles. The monoisotopic (exact) mass is 483 g/mol. The molecule has 1 N–H and O–H groups in total. The third-order valence-electron chi connectivity index (χ3n) is 4.67. The van der Waals surface area contributed by atoms with Gasteiger partial charge in [-0.1, -0.05) is 29.4 Å². The number of carbonyl (C=O) groups is 1. The van der Waals surface area contributed by atoms with Crippen LogP contribution in [-0.2, 0) is 11.3 Å². The summed E-state index contributed by atoms with van der Waals surface area (Å²) in [6, 6.07) is 13.9. The van der Waals surface area contributed by atoms with Gasteiger partial charge in [-0.05, 0) is 42.5 Å². The van der Waals surface area contributed by atoms with Gasteiger partial charge in [0.05, 0.1) is 46.9 Å². The van der Waals surface area contributed by atoms with Gasteiger partial charge in [0.15, 0.2) is 5.16 Å². The predicted octanol–water partition coefficient (Wildman–Crippen LogP) is 4.43. The van der Waals surface area contributed by atoms with E-state index < -0.39 is 0 Å². The molecule has 8 nitrogen and oxygen atoms in total. The highest BCUT2D eigenvalue weighted by atomic mass is 35.5. The van der Waals surface area contributed by atoms with Gasteiger partial charge < -0.3 is 9.73 Å². The van der Waals surface area contributed by atoms with Crippen LogP contribution in [0.15, 0.2) is 69.2 Å². The van der Waals surface area contributed by atoms with Crippen molar-refractivity contribution in [3.8, 4) is 0 Å². The molecule has 5 aromatic rings. The van der Waals surface area contributed by atoms with E-state index in [0.717, 1.165) is 29.0 Å². The Morgan fingerprint density at radius 1 is 1.16 bits per heavy atom. The van der Waals surface area contributed by atoms with Crippen molar-refractivity contribution in [2.24, 2.45) is 0 Å². The normalized spacial score (nSPS) is 11.3. The number of anilines is 1. The second kappa shape index (κ2) is 8.73. The summed E-state index contributed by atoms with van der Waals surface area (Å²) in [5, 5.41) is 4.17. The Labute approximate surface area is 194 Å². The van der Waals surface area contributed by atoms with E-state index in [2.05, 4.69) is 19.0 Å². The Bertz CT molecular complexity index is 1500. The quantitative estimate of drug-likeness (QED) is 0.281. The Hall–Kier alpha value is -3.21. The summed E-state index contributed by atoms with van der Waals surface area (Å²) in [5.41, 5.74) is 2.20. The number of amides is 1. The largest absolute Gasteiger partial charge is 0.467 e. The molecule has 3 aromatic heterocycles. The Morgan fingerprint density at radius 3 is 2.91 bits per heavy atom. The van der Waals surface area contributed by atoms with Crippen molar-refractivity contribution in [1.82, 2.24) is 18.3 Å². The van der Waals surface area contributed by atoms with Crippen LogP contribution in [0.4, 0.5) is 5.69 Å². The Balaban J connectivity index is 1.43. The van der Waals surface area contributed by atoms with Gasteiger partial charge >= 0.3 is 0 Å². The molecule has 0 saturated carbocycles. The lowest BCUT2D eigenvalue weighted by atomic mass is 10.2. The lowest BCUT2D eigenvalue weighted by Gasteiger charge is -2.12. The Kier molecular flexibility index (Phi) is 5.64. The summed E-state index contributed by atoms with van der Waals surface area (Å²) in [4.78, 5) is 30.4. The summed E-state index contributed by atoms with van der Waals surface area (Å²) >= 11 is 8.34. The van der Waals surface area contributed by atoms with E-state index in [-0.39, 0.29) is 23.8 Å². The fourth-order valence-electron chi connectivity index (χ4n) is 3.21. The number of furan rings is 1. The van der Waals surface area contributed by atoms with Crippen molar-refractivity contribution < 1.29 is 9.21 Å². The van der Waals surface area contributed by atoms with Gasteiger partial charge in [0.2, 0.25) is 5.91 Å². The minimum absolute atomic E-state index is 0.0463.